The highest BCUT2D eigenvalue weighted by atomic mass is 32.2. The number of nitrogens with zero attached hydrogens (tertiary/aromatic N) is 1. The van der Waals surface area contributed by atoms with Crippen molar-refractivity contribution in [2.75, 3.05) is 11.1 Å². The molecule has 0 aliphatic carbocycles. The minimum atomic E-state index is 0.00249. The van der Waals surface area contributed by atoms with Gasteiger partial charge in [0, 0.05) is 11.9 Å². The van der Waals surface area contributed by atoms with Gasteiger partial charge < -0.3 is 5.32 Å². The van der Waals surface area contributed by atoms with Gasteiger partial charge in [0.2, 0.25) is 5.91 Å². The summed E-state index contributed by atoms with van der Waals surface area (Å²) in [5, 5.41) is 11.7. The maximum Gasteiger partial charge on any atom is 0.234 e. The molecule has 0 bridgehead atoms. The van der Waals surface area contributed by atoms with Crippen LogP contribution in [0.4, 0.5) is 5.69 Å². The number of amides is 1. The maximum absolute atomic E-state index is 11.9. The number of anilines is 1. The number of thioether (sulfide) groups is 1. The number of carbonyl (C=O) groups excluding carboxylic acids is 1. The van der Waals surface area contributed by atoms with Crippen LogP contribution < -0.4 is 5.32 Å². The zero-order valence-electron chi connectivity index (χ0n) is 11.1. The topological polar surface area (TPSA) is 57.8 Å². The smallest absolute Gasteiger partial charge is 0.234 e. The Morgan fingerprint density at radius 2 is 2.10 bits per heavy atom. The molecule has 2 N–H and O–H groups in total. The van der Waals surface area contributed by atoms with E-state index in [-0.39, 0.29) is 5.91 Å². The van der Waals surface area contributed by atoms with E-state index in [1.807, 2.05) is 47.8 Å². The summed E-state index contributed by atoms with van der Waals surface area (Å²) in [6, 6.07) is 13.6. The number of aromatic nitrogens is 2. The summed E-state index contributed by atoms with van der Waals surface area (Å²) in [4.78, 5) is 11.9. The fraction of sp³-hybridized carbons (Fsp3) is 0.0667. The van der Waals surface area contributed by atoms with Gasteiger partial charge in [-0.25, -0.2) is 0 Å². The van der Waals surface area contributed by atoms with E-state index in [2.05, 4.69) is 15.5 Å². The molecule has 1 amide bonds. The van der Waals surface area contributed by atoms with Gasteiger partial charge in [0.15, 0.2) is 0 Å². The van der Waals surface area contributed by atoms with Gasteiger partial charge >= 0.3 is 0 Å². The van der Waals surface area contributed by atoms with E-state index >= 15 is 0 Å². The number of thiophene rings is 1. The molecule has 1 aromatic carbocycles. The van der Waals surface area contributed by atoms with Crippen molar-refractivity contribution in [2.24, 2.45) is 0 Å². The summed E-state index contributed by atoms with van der Waals surface area (Å²) in [5.41, 5.74) is 2.80. The molecule has 0 fully saturated rings. The zero-order chi connectivity index (χ0) is 14.5. The maximum atomic E-state index is 11.9. The quantitative estimate of drug-likeness (QED) is 0.703. The summed E-state index contributed by atoms with van der Waals surface area (Å²) in [5.74, 6) is 0.422. The SMILES string of the molecule is O=C(CSc1cccs1)Nc1ccc(-c2ccn[nH]2)cc1. The van der Waals surface area contributed by atoms with E-state index in [0.29, 0.717) is 5.75 Å². The van der Waals surface area contributed by atoms with Gasteiger partial charge in [0.05, 0.1) is 15.7 Å². The monoisotopic (exact) mass is 315 g/mol. The zero-order valence-corrected chi connectivity index (χ0v) is 12.7. The second-order valence-corrected chi connectivity index (χ2v) is 6.54. The predicted octanol–water partition coefficient (Wildman–Crippen LogP) is 3.87. The average molecular weight is 315 g/mol. The molecule has 0 saturated heterocycles. The van der Waals surface area contributed by atoms with E-state index in [1.54, 1.807) is 29.3 Å². The van der Waals surface area contributed by atoms with Crippen LogP contribution in [0.2, 0.25) is 0 Å². The summed E-state index contributed by atoms with van der Waals surface area (Å²) >= 11 is 3.19. The lowest BCUT2D eigenvalue weighted by Gasteiger charge is -2.05. The fourth-order valence-corrected chi connectivity index (χ4v) is 3.41. The third-order valence-electron chi connectivity index (χ3n) is 2.82. The molecule has 21 heavy (non-hydrogen) atoms. The van der Waals surface area contributed by atoms with Crippen molar-refractivity contribution in [1.29, 1.82) is 0 Å². The number of rotatable bonds is 5. The van der Waals surface area contributed by atoms with Crippen LogP contribution in [0.1, 0.15) is 0 Å². The van der Waals surface area contributed by atoms with Crippen LogP contribution in [-0.4, -0.2) is 21.9 Å². The van der Waals surface area contributed by atoms with Crippen LogP contribution in [0.3, 0.4) is 0 Å². The number of H-pyrrole nitrogens is 1. The van der Waals surface area contributed by atoms with Crippen molar-refractivity contribution in [1.82, 2.24) is 10.2 Å². The molecule has 0 unspecified atom stereocenters. The molecule has 3 rings (SSSR count). The third kappa shape index (κ3) is 3.74. The van der Waals surface area contributed by atoms with Crippen molar-refractivity contribution >= 4 is 34.7 Å². The Labute approximate surface area is 130 Å². The molecule has 0 aliphatic rings. The number of carbonyl (C=O) groups is 1. The van der Waals surface area contributed by atoms with E-state index < -0.39 is 0 Å². The van der Waals surface area contributed by atoms with E-state index in [9.17, 15) is 4.79 Å². The van der Waals surface area contributed by atoms with Gasteiger partial charge in [-0.05, 0) is 35.2 Å². The largest absolute Gasteiger partial charge is 0.325 e. The van der Waals surface area contributed by atoms with Crippen LogP contribution in [-0.2, 0) is 4.79 Å². The van der Waals surface area contributed by atoms with Crippen LogP contribution in [0.25, 0.3) is 11.3 Å². The van der Waals surface area contributed by atoms with Crippen LogP contribution in [0.5, 0.6) is 0 Å². The number of aromatic amines is 1. The van der Waals surface area contributed by atoms with Crippen LogP contribution in [0.15, 0.2) is 58.3 Å². The van der Waals surface area contributed by atoms with Gasteiger partial charge in [-0.1, -0.05) is 18.2 Å². The van der Waals surface area contributed by atoms with Crippen molar-refractivity contribution < 1.29 is 4.79 Å². The number of nitrogens with one attached hydrogen (secondary N) is 2. The van der Waals surface area contributed by atoms with Crippen molar-refractivity contribution in [3.05, 3.63) is 54.0 Å². The Balaban J connectivity index is 1.56. The summed E-state index contributed by atoms with van der Waals surface area (Å²) in [7, 11) is 0. The Morgan fingerprint density at radius 1 is 1.24 bits per heavy atom. The number of hydrogen-bond donors (Lipinski definition) is 2. The molecule has 0 saturated carbocycles. The molecule has 0 atom stereocenters. The first-order chi connectivity index (χ1) is 10.3. The number of benzene rings is 1. The van der Waals surface area contributed by atoms with Gasteiger partial charge in [0.25, 0.3) is 0 Å². The highest BCUT2D eigenvalue weighted by molar-refractivity contribution is 8.01. The van der Waals surface area contributed by atoms with Crippen molar-refractivity contribution in [2.45, 2.75) is 4.21 Å². The van der Waals surface area contributed by atoms with Gasteiger partial charge in [-0.15, -0.1) is 23.1 Å². The molecule has 0 radical (unpaired) electrons. The first kappa shape index (κ1) is 13.9. The van der Waals surface area contributed by atoms with Gasteiger partial charge in [-0.3, -0.25) is 9.89 Å². The van der Waals surface area contributed by atoms with E-state index in [1.165, 1.54) is 0 Å². The summed E-state index contributed by atoms with van der Waals surface area (Å²) in [6.45, 7) is 0. The lowest BCUT2D eigenvalue weighted by atomic mass is 10.1. The Kier molecular flexibility index (Phi) is 4.37. The second-order valence-electron chi connectivity index (χ2n) is 4.32. The molecule has 6 heteroatoms. The molecule has 0 aliphatic heterocycles. The first-order valence-electron chi connectivity index (χ1n) is 6.37. The standard InChI is InChI=1S/C15H13N3OS2/c19-14(10-21-15-2-1-9-20-15)17-12-5-3-11(4-6-12)13-7-8-16-18-13/h1-9H,10H2,(H,16,18)(H,17,19). The Bertz CT molecular complexity index is 691. The van der Waals surface area contributed by atoms with Gasteiger partial charge in [-0.2, -0.15) is 5.10 Å². The normalized spacial score (nSPS) is 10.5. The van der Waals surface area contributed by atoms with Crippen molar-refractivity contribution in [3.8, 4) is 11.3 Å². The highest BCUT2D eigenvalue weighted by Crippen LogP contribution is 2.23. The lowest BCUT2D eigenvalue weighted by Crippen LogP contribution is -2.13. The highest BCUT2D eigenvalue weighted by Gasteiger charge is 2.05. The Morgan fingerprint density at radius 3 is 2.76 bits per heavy atom. The third-order valence-corrected chi connectivity index (χ3v) is 4.95. The molecule has 3 aromatic rings. The number of hydrogen-bond acceptors (Lipinski definition) is 4. The van der Waals surface area contributed by atoms with Gasteiger partial charge in [0.1, 0.15) is 0 Å². The van der Waals surface area contributed by atoms with Crippen LogP contribution >= 0.6 is 23.1 Å². The minimum absolute atomic E-state index is 0.00249. The second kappa shape index (κ2) is 6.60. The molecule has 2 heterocycles. The Hall–Kier alpha value is -2.05. The van der Waals surface area contributed by atoms with Crippen molar-refractivity contribution in [3.63, 3.8) is 0 Å². The average Bonchev–Trinajstić information content (AvgIpc) is 3.19. The van der Waals surface area contributed by atoms with Crippen LogP contribution in [0, 0.1) is 0 Å². The fourth-order valence-electron chi connectivity index (χ4n) is 1.83. The first-order valence-corrected chi connectivity index (χ1v) is 8.24. The molecule has 4 nitrogen and oxygen atoms in total. The molecular formula is C15H13N3OS2. The summed E-state index contributed by atoms with van der Waals surface area (Å²) < 4.78 is 1.15. The molecule has 2 aromatic heterocycles. The van der Waals surface area contributed by atoms with E-state index in [4.69, 9.17) is 0 Å². The predicted molar refractivity (Wildman–Crippen MR) is 87.7 cm³/mol. The lowest BCUT2D eigenvalue weighted by molar-refractivity contribution is -0.113. The minimum Gasteiger partial charge on any atom is -0.325 e. The molecular weight excluding hydrogens is 302 g/mol. The molecule has 106 valence electrons. The van der Waals surface area contributed by atoms with E-state index in [0.717, 1.165) is 21.2 Å². The summed E-state index contributed by atoms with van der Waals surface area (Å²) in [6.07, 6.45) is 1.72. The molecule has 0 spiro atoms.